The molecule has 1 heterocycles. The van der Waals surface area contributed by atoms with Crippen LogP contribution in [-0.2, 0) is 12.8 Å². The van der Waals surface area contributed by atoms with E-state index in [0.29, 0.717) is 11.4 Å². The largest absolute Gasteiger partial charge is 0.354 e. The molecule has 0 aliphatic carbocycles. The second kappa shape index (κ2) is 6.21. The summed E-state index contributed by atoms with van der Waals surface area (Å²) in [5.41, 5.74) is 2.76. The molecule has 1 unspecified atom stereocenters. The molecule has 0 saturated carbocycles. The van der Waals surface area contributed by atoms with Gasteiger partial charge in [-0.25, -0.2) is 0 Å². The van der Waals surface area contributed by atoms with Crippen LogP contribution >= 0.6 is 0 Å². The minimum atomic E-state index is 0.110. The molecule has 0 spiro atoms. The molecule has 20 heavy (non-hydrogen) atoms. The Morgan fingerprint density at radius 3 is 2.20 bits per heavy atom. The maximum atomic E-state index is 9.54. The molecule has 0 aliphatic rings. The average molecular weight is 274 g/mol. The number of hydrogen-bond acceptors (Lipinski definition) is 4. The van der Waals surface area contributed by atoms with Gasteiger partial charge < -0.3 is 4.90 Å². The van der Waals surface area contributed by atoms with Gasteiger partial charge in [-0.05, 0) is 30.7 Å². The Balaban J connectivity index is 3.36. The van der Waals surface area contributed by atoms with E-state index in [9.17, 15) is 5.26 Å². The van der Waals surface area contributed by atoms with E-state index in [4.69, 9.17) is 0 Å². The van der Waals surface area contributed by atoms with Crippen molar-refractivity contribution in [1.29, 1.82) is 5.26 Å². The monoisotopic (exact) mass is 274 g/mol. The lowest BCUT2D eigenvalue weighted by Gasteiger charge is -2.36. The van der Waals surface area contributed by atoms with Crippen LogP contribution < -0.4 is 4.90 Å². The highest BCUT2D eigenvalue weighted by atomic mass is 15.3. The fraction of sp³-hybridized carbons (Fsp3) is 0.688. The third-order valence-electron chi connectivity index (χ3n) is 4.11. The van der Waals surface area contributed by atoms with E-state index in [1.165, 1.54) is 0 Å². The lowest BCUT2D eigenvalue weighted by Crippen LogP contribution is -2.40. The quantitative estimate of drug-likeness (QED) is 0.845. The molecule has 0 saturated heterocycles. The second-order valence-corrected chi connectivity index (χ2v) is 6.30. The molecule has 0 aromatic carbocycles. The van der Waals surface area contributed by atoms with Gasteiger partial charge >= 0.3 is 0 Å². The van der Waals surface area contributed by atoms with E-state index in [0.717, 1.165) is 24.1 Å². The van der Waals surface area contributed by atoms with E-state index >= 15 is 0 Å². The van der Waals surface area contributed by atoms with Gasteiger partial charge in [0.05, 0.1) is 5.69 Å². The van der Waals surface area contributed by atoms with Crippen LogP contribution in [0.25, 0.3) is 0 Å². The number of rotatable bonds is 4. The maximum Gasteiger partial charge on any atom is 0.169 e. The van der Waals surface area contributed by atoms with Crippen LogP contribution in [0.3, 0.4) is 0 Å². The molecule has 1 aromatic rings. The zero-order chi connectivity index (χ0) is 15.5. The van der Waals surface area contributed by atoms with Gasteiger partial charge in [0, 0.05) is 13.1 Å². The molecule has 0 bridgehead atoms. The number of anilines is 1. The molecule has 0 amide bonds. The Labute approximate surface area is 122 Å². The zero-order valence-electron chi connectivity index (χ0n) is 13.8. The molecule has 0 fully saturated rings. The molecule has 1 aromatic heterocycles. The Hall–Kier alpha value is -1.63. The summed E-state index contributed by atoms with van der Waals surface area (Å²) >= 11 is 0. The summed E-state index contributed by atoms with van der Waals surface area (Å²) in [6.45, 7) is 12.8. The highest BCUT2D eigenvalue weighted by molar-refractivity contribution is 5.58. The van der Waals surface area contributed by atoms with Crippen LogP contribution in [0, 0.1) is 16.7 Å². The molecule has 110 valence electrons. The lowest BCUT2D eigenvalue weighted by molar-refractivity contribution is 0.328. The van der Waals surface area contributed by atoms with Crippen molar-refractivity contribution >= 4 is 5.82 Å². The van der Waals surface area contributed by atoms with Crippen LogP contribution in [0.4, 0.5) is 5.82 Å². The van der Waals surface area contributed by atoms with Crippen molar-refractivity contribution in [3.8, 4) is 6.07 Å². The summed E-state index contributed by atoms with van der Waals surface area (Å²) in [6, 6.07) is 2.60. The van der Waals surface area contributed by atoms with Gasteiger partial charge in [-0.2, -0.15) is 10.4 Å². The van der Waals surface area contributed by atoms with Crippen molar-refractivity contribution in [1.82, 2.24) is 10.2 Å². The first-order valence-electron chi connectivity index (χ1n) is 7.29. The highest BCUT2D eigenvalue weighted by Crippen LogP contribution is 2.29. The standard InChI is InChI=1S/C16H26N4/c1-8-12-13(10-17)15(19-18-14(12)9-2)20(7)11(3)16(4,5)6/h11H,8-9H2,1-7H3. The van der Waals surface area contributed by atoms with Gasteiger partial charge in [0.2, 0.25) is 0 Å². The molecule has 0 aliphatic heterocycles. The third-order valence-corrected chi connectivity index (χ3v) is 4.11. The molecule has 4 heteroatoms. The highest BCUT2D eigenvalue weighted by Gasteiger charge is 2.27. The topological polar surface area (TPSA) is 52.8 Å². The number of aromatic nitrogens is 2. The maximum absolute atomic E-state index is 9.54. The van der Waals surface area contributed by atoms with E-state index in [1.807, 2.05) is 14.0 Å². The summed E-state index contributed by atoms with van der Waals surface area (Å²) < 4.78 is 0. The molecule has 1 rings (SSSR count). The minimum Gasteiger partial charge on any atom is -0.354 e. The number of nitriles is 1. The Kier molecular flexibility index (Phi) is 5.10. The van der Waals surface area contributed by atoms with Crippen LogP contribution in [0.2, 0.25) is 0 Å². The predicted octanol–water partition coefficient (Wildman–Crippen LogP) is 3.34. The summed E-state index contributed by atoms with van der Waals surface area (Å²) in [7, 11) is 1.99. The third kappa shape index (κ3) is 3.09. The fourth-order valence-corrected chi connectivity index (χ4v) is 2.29. The zero-order valence-corrected chi connectivity index (χ0v) is 13.8. The molecule has 0 N–H and O–H groups in total. The fourth-order valence-electron chi connectivity index (χ4n) is 2.29. The van der Waals surface area contributed by atoms with Crippen LogP contribution in [-0.4, -0.2) is 23.3 Å². The van der Waals surface area contributed by atoms with Crippen molar-refractivity contribution < 1.29 is 0 Å². The van der Waals surface area contributed by atoms with Crippen molar-refractivity contribution in [3.63, 3.8) is 0 Å². The van der Waals surface area contributed by atoms with E-state index in [-0.39, 0.29) is 11.5 Å². The lowest BCUT2D eigenvalue weighted by atomic mass is 9.87. The van der Waals surface area contributed by atoms with Gasteiger partial charge in [-0.1, -0.05) is 34.6 Å². The first-order valence-corrected chi connectivity index (χ1v) is 7.29. The molecule has 0 radical (unpaired) electrons. The number of hydrogen-bond donors (Lipinski definition) is 0. The van der Waals surface area contributed by atoms with Gasteiger partial charge in [-0.3, -0.25) is 0 Å². The average Bonchev–Trinajstić information content (AvgIpc) is 2.42. The molecule has 4 nitrogen and oxygen atoms in total. The second-order valence-electron chi connectivity index (χ2n) is 6.30. The van der Waals surface area contributed by atoms with E-state index < -0.39 is 0 Å². The molecular formula is C16H26N4. The van der Waals surface area contributed by atoms with Gasteiger partial charge in [0.25, 0.3) is 0 Å². The van der Waals surface area contributed by atoms with Crippen LogP contribution in [0.5, 0.6) is 0 Å². The normalized spacial score (nSPS) is 12.9. The Morgan fingerprint density at radius 1 is 1.20 bits per heavy atom. The number of aryl methyl sites for hydroxylation is 1. The first kappa shape index (κ1) is 16.4. The van der Waals surface area contributed by atoms with Crippen LogP contribution in [0.15, 0.2) is 0 Å². The van der Waals surface area contributed by atoms with Crippen molar-refractivity contribution in [2.45, 2.75) is 60.4 Å². The molecular weight excluding hydrogens is 248 g/mol. The van der Waals surface area contributed by atoms with Crippen molar-refractivity contribution in [2.75, 3.05) is 11.9 Å². The van der Waals surface area contributed by atoms with Crippen molar-refractivity contribution in [2.24, 2.45) is 5.41 Å². The Morgan fingerprint density at radius 2 is 1.80 bits per heavy atom. The number of nitrogens with zero attached hydrogens (tertiary/aromatic N) is 4. The molecule has 1 atom stereocenters. The summed E-state index contributed by atoms with van der Waals surface area (Å²) in [4.78, 5) is 2.07. The summed E-state index contributed by atoms with van der Waals surface area (Å²) in [5.74, 6) is 0.698. The summed E-state index contributed by atoms with van der Waals surface area (Å²) in [5, 5.41) is 18.2. The van der Waals surface area contributed by atoms with Gasteiger partial charge in [0.15, 0.2) is 5.82 Å². The van der Waals surface area contributed by atoms with Crippen LogP contribution in [0.1, 0.15) is 58.4 Å². The smallest absolute Gasteiger partial charge is 0.169 e. The SMILES string of the molecule is CCc1nnc(N(C)C(C)C(C)(C)C)c(C#N)c1CC. The van der Waals surface area contributed by atoms with Gasteiger partial charge in [0.1, 0.15) is 11.6 Å². The summed E-state index contributed by atoms with van der Waals surface area (Å²) in [6.07, 6.45) is 1.62. The van der Waals surface area contributed by atoms with Crippen molar-refractivity contribution in [3.05, 3.63) is 16.8 Å². The first-order chi connectivity index (χ1) is 9.27. The Bertz CT molecular complexity index is 508. The van der Waals surface area contributed by atoms with E-state index in [1.54, 1.807) is 0 Å². The van der Waals surface area contributed by atoms with E-state index in [2.05, 4.69) is 55.8 Å². The minimum absolute atomic E-state index is 0.110. The van der Waals surface area contributed by atoms with Gasteiger partial charge in [-0.15, -0.1) is 5.10 Å². The predicted molar refractivity (Wildman–Crippen MR) is 82.8 cm³/mol.